The van der Waals surface area contributed by atoms with Gasteiger partial charge in [0.2, 0.25) is 0 Å². The first-order valence-electron chi connectivity index (χ1n) is 4.26. The van der Waals surface area contributed by atoms with Gasteiger partial charge < -0.3 is 9.47 Å². The number of carbonyl (C=O) groups is 1. The van der Waals surface area contributed by atoms with Gasteiger partial charge in [-0.25, -0.2) is 0 Å². The third-order valence-corrected chi connectivity index (χ3v) is 1.42. The lowest BCUT2D eigenvalue weighted by Crippen LogP contribution is -1.88. The van der Waals surface area contributed by atoms with E-state index in [1.54, 1.807) is 21.1 Å². The Labute approximate surface area is 84.7 Å². The van der Waals surface area contributed by atoms with Gasteiger partial charge in [-0.2, -0.15) is 0 Å². The van der Waals surface area contributed by atoms with E-state index in [2.05, 4.69) is 9.47 Å². The Kier molecular flexibility index (Phi) is 7.70. The van der Waals surface area contributed by atoms with E-state index in [1.807, 2.05) is 30.3 Å². The number of ketones is 1. The van der Waals surface area contributed by atoms with Gasteiger partial charge in [-0.15, -0.1) is 0 Å². The third-order valence-electron chi connectivity index (χ3n) is 1.42. The van der Waals surface area contributed by atoms with Crippen molar-refractivity contribution in [2.75, 3.05) is 21.0 Å². The predicted octanol–water partition coefficient (Wildman–Crippen LogP) is 2.13. The molecule has 1 aromatic carbocycles. The summed E-state index contributed by atoms with van der Waals surface area (Å²) < 4.78 is 8.94. The zero-order chi connectivity index (χ0) is 10.8. The zero-order valence-corrected chi connectivity index (χ0v) is 8.82. The molecule has 1 aromatic rings. The first-order chi connectivity index (χ1) is 6.72. The van der Waals surface area contributed by atoms with Crippen LogP contribution in [0.3, 0.4) is 0 Å². The fraction of sp³-hybridized carbons (Fsp3) is 0.364. The largest absolute Gasteiger partial charge is 0.359 e. The molecule has 0 unspecified atom stereocenters. The standard InChI is InChI=1S/C8H8O.C3H8O2/c1-7(9)8-5-3-2-4-6-8;1-4-3-5-2/h2-6H,1H3;3H2,1-2H3. The molecular weight excluding hydrogens is 180 g/mol. The zero-order valence-electron chi connectivity index (χ0n) is 8.82. The Morgan fingerprint density at radius 1 is 1.14 bits per heavy atom. The first-order valence-corrected chi connectivity index (χ1v) is 4.26. The third kappa shape index (κ3) is 6.34. The van der Waals surface area contributed by atoms with E-state index in [0.717, 1.165) is 5.56 Å². The minimum atomic E-state index is 0.121. The van der Waals surface area contributed by atoms with Crippen molar-refractivity contribution in [2.24, 2.45) is 0 Å². The average molecular weight is 196 g/mol. The molecule has 0 aromatic heterocycles. The molecule has 0 spiro atoms. The lowest BCUT2D eigenvalue weighted by atomic mass is 10.2. The van der Waals surface area contributed by atoms with Crippen LogP contribution < -0.4 is 0 Å². The van der Waals surface area contributed by atoms with Crippen LogP contribution in [0, 0.1) is 0 Å². The monoisotopic (exact) mass is 196 g/mol. The van der Waals surface area contributed by atoms with Crippen LogP contribution in [0.1, 0.15) is 17.3 Å². The Morgan fingerprint density at radius 2 is 1.64 bits per heavy atom. The minimum absolute atomic E-state index is 0.121. The highest BCUT2D eigenvalue weighted by Crippen LogP contribution is 1.97. The van der Waals surface area contributed by atoms with E-state index in [0.29, 0.717) is 6.79 Å². The van der Waals surface area contributed by atoms with Crippen molar-refractivity contribution in [1.29, 1.82) is 0 Å². The smallest absolute Gasteiger partial charge is 0.159 e. The summed E-state index contributed by atoms with van der Waals surface area (Å²) in [7, 11) is 3.17. The average Bonchev–Trinajstić information content (AvgIpc) is 2.21. The molecule has 0 aliphatic rings. The van der Waals surface area contributed by atoms with E-state index in [-0.39, 0.29) is 5.78 Å². The molecule has 0 bridgehead atoms. The van der Waals surface area contributed by atoms with Gasteiger partial charge in [0, 0.05) is 19.8 Å². The second kappa shape index (κ2) is 8.41. The van der Waals surface area contributed by atoms with Crippen LogP contribution in [0.2, 0.25) is 0 Å². The molecule has 0 amide bonds. The highest BCUT2D eigenvalue weighted by atomic mass is 16.6. The van der Waals surface area contributed by atoms with E-state index < -0.39 is 0 Å². The number of carbonyl (C=O) groups excluding carboxylic acids is 1. The molecule has 0 heterocycles. The molecule has 1 rings (SSSR count). The maximum atomic E-state index is 10.6. The highest BCUT2D eigenvalue weighted by molar-refractivity contribution is 5.93. The summed E-state index contributed by atoms with van der Waals surface area (Å²) in [4.78, 5) is 10.6. The van der Waals surface area contributed by atoms with Crippen LogP contribution >= 0.6 is 0 Å². The lowest BCUT2D eigenvalue weighted by molar-refractivity contribution is -0.00272. The number of rotatable bonds is 3. The van der Waals surface area contributed by atoms with E-state index in [4.69, 9.17) is 0 Å². The van der Waals surface area contributed by atoms with Crippen molar-refractivity contribution in [1.82, 2.24) is 0 Å². The molecule has 0 radical (unpaired) electrons. The van der Waals surface area contributed by atoms with Crippen LogP contribution in [0.4, 0.5) is 0 Å². The molecule has 0 N–H and O–H groups in total. The van der Waals surface area contributed by atoms with Gasteiger partial charge in [0.1, 0.15) is 6.79 Å². The highest BCUT2D eigenvalue weighted by Gasteiger charge is 1.92. The summed E-state index contributed by atoms with van der Waals surface area (Å²) in [5, 5.41) is 0. The molecule has 78 valence electrons. The summed E-state index contributed by atoms with van der Waals surface area (Å²) >= 11 is 0. The van der Waals surface area contributed by atoms with E-state index >= 15 is 0 Å². The van der Waals surface area contributed by atoms with Crippen LogP contribution in [0.15, 0.2) is 30.3 Å². The summed E-state index contributed by atoms with van der Waals surface area (Å²) in [5.41, 5.74) is 0.775. The number of Topliss-reactive ketones (excluding diaryl/α,β-unsaturated/α-hetero) is 1. The minimum Gasteiger partial charge on any atom is -0.359 e. The van der Waals surface area contributed by atoms with Crippen molar-refractivity contribution >= 4 is 5.78 Å². The van der Waals surface area contributed by atoms with E-state index in [1.165, 1.54) is 0 Å². The summed E-state index contributed by atoms with van der Waals surface area (Å²) in [6.45, 7) is 1.95. The Hall–Kier alpha value is -1.19. The molecule has 0 atom stereocenters. The first kappa shape index (κ1) is 12.8. The number of hydrogen-bond donors (Lipinski definition) is 0. The quantitative estimate of drug-likeness (QED) is 0.548. The van der Waals surface area contributed by atoms with Crippen molar-refractivity contribution in [3.63, 3.8) is 0 Å². The second-order valence-electron chi connectivity index (χ2n) is 2.62. The summed E-state index contributed by atoms with van der Waals surface area (Å²) in [6, 6.07) is 9.23. The van der Waals surface area contributed by atoms with Crippen LogP contribution in [-0.4, -0.2) is 26.8 Å². The van der Waals surface area contributed by atoms with Gasteiger partial charge in [0.15, 0.2) is 5.78 Å². The molecular formula is C11H16O3. The Bertz CT molecular complexity index is 242. The molecule has 0 fully saturated rings. The number of ether oxygens (including phenoxy) is 2. The van der Waals surface area contributed by atoms with Crippen molar-refractivity contribution in [3.8, 4) is 0 Å². The van der Waals surface area contributed by atoms with Gasteiger partial charge in [-0.1, -0.05) is 30.3 Å². The number of benzene rings is 1. The van der Waals surface area contributed by atoms with Gasteiger partial charge in [0.25, 0.3) is 0 Å². The molecule has 14 heavy (non-hydrogen) atoms. The molecule has 3 nitrogen and oxygen atoms in total. The molecule has 0 saturated carbocycles. The van der Waals surface area contributed by atoms with Gasteiger partial charge in [-0.05, 0) is 6.92 Å². The van der Waals surface area contributed by atoms with Crippen LogP contribution in [0.25, 0.3) is 0 Å². The number of methoxy groups -OCH3 is 2. The maximum absolute atomic E-state index is 10.6. The van der Waals surface area contributed by atoms with Crippen molar-refractivity contribution in [3.05, 3.63) is 35.9 Å². The molecule has 0 saturated heterocycles. The number of hydrogen-bond acceptors (Lipinski definition) is 3. The summed E-state index contributed by atoms with van der Waals surface area (Å²) in [5.74, 6) is 0.121. The van der Waals surface area contributed by atoms with Gasteiger partial charge in [0.05, 0.1) is 0 Å². The molecule has 3 heteroatoms. The van der Waals surface area contributed by atoms with Crippen molar-refractivity contribution in [2.45, 2.75) is 6.92 Å². The van der Waals surface area contributed by atoms with Gasteiger partial charge in [-0.3, -0.25) is 4.79 Å². The maximum Gasteiger partial charge on any atom is 0.159 e. The van der Waals surface area contributed by atoms with Crippen LogP contribution in [0.5, 0.6) is 0 Å². The topological polar surface area (TPSA) is 35.5 Å². The SMILES string of the molecule is CC(=O)c1ccccc1.COCOC. The van der Waals surface area contributed by atoms with Crippen LogP contribution in [-0.2, 0) is 9.47 Å². The van der Waals surface area contributed by atoms with E-state index in [9.17, 15) is 4.79 Å². The fourth-order valence-corrected chi connectivity index (χ4v) is 0.791. The lowest BCUT2D eigenvalue weighted by Gasteiger charge is -1.89. The van der Waals surface area contributed by atoms with Gasteiger partial charge >= 0.3 is 0 Å². The molecule has 0 aliphatic carbocycles. The predicted molar refractivity (Wildman–Crippen MR) is 55.3 cm³/mol. The van der Waals surface area contributed by atoms with Crippen molar-refractivity contribution < 1.29 is 14.3 Å². The fourth-order valence-electron chi connectivity index (χ4n) is 0.791. The second-order valence-corrected chi connectivity index (χ2v) is 2.62. The molecule has 0 aliphatic heterocycles. The summed E-state index contributed by atoms with van der Waals surface area (Å²) in [6.07, 6.45) is 0. The Morgan fingerprint density at radius 3 is 1.86 bits per heavy atom. The normalized spacial score (nSPS) is 8.79. The Balaban J connectivity index is 0.000000292.